The number of hydrogen-bond donors (Lipinski definition) is 1. The summed E-state index contributed by atoms with van der Waals surface area (Å²) >= 11 is 0. The summed E-state index contributed by atoms with van der Waals surface area (Å²) in [6.45, 7) is 5.06. The van der Waals surface area contributed by atoms with Gasteiger partial charge in [-0.3, -0.25) is 9.59 Å². The molecule has 8 nitrogen and oxygen atoms in total. The van der Waals surface area contributed by atoms with Crippen molar-refractivity contribution in [2.24, 2.45) is 0 Å². The van der Waals surface area contributed by atoms with Crippen LogP contribution in [0.5, 0.6) is 5.88 Å². The van der Waals surface area contributed by atoms with Crippen molar-refractivity contribution < 1.29 is 14.3 Å². The molecule has 2 amide bonds. The highest BCUT2D eigenvalue weighted by Gasteiger charge is 2.24. The third kappa shape index (κ3) is 5.55. The standard InChI is InChI=1S/C19H29N5O3/c1-2-27-17-9-10-20-19(22-17)24-13-11-23(12-14-24)18(26)8-7-16(25)21-15-5-3-4-6-15/h9-10,15H,2-8,11-14H2,1H3,(H,21,25). The van der Waals surface area contributed by atoms with Crippen molar-refractivity contribution in [2.75, 3.05) is 37.7 Å². The Labute approximate surface area is 160 Å². The van der Waals surface area contributed by atoms with E-state index in [-0.39, 0.29) is 24.7 Å². The Hall–Kier alpha value is -2.38. The van der Waals surface area contributed by atoms with Crippen LogP contribution in [-0.2, 0) is 9.59 Å². The summed E-state index contributed by atoms with van der Waals surface area (Å²) in [5, 5.41) is 3.03. The SMILES string of the molecule is CCOc1ccnc(N2CCN(C(=O)CCC(=O)NC3CCCC3)CC2)n1. The quantitative estimate of drug-likeness (QED) is 0.774. The topological polar surface area (TPSA) is 87.7 Å². The fourth-order valence-electron chi connectivity index (χ4n) is 3.62. The first-order valence-corrected chi connectivity index (χ1v) is 9.93. The van der Waals surface area contributed by atoms with Gasteiger partial charge in [0.2, 0.25) is 23.6 Å². The highest BCUT2D eigenvalue weighted by molar-refractivity contribution is 5.84. The normalized spacial score (nSPS) is 17.8. The largest absolute Gasteiger partial charge is 0.478 e. The second-order valence-corrected chi connectivity index (χ2v) is 7.04. The lowest BCUT2D eigenvalue weighted by atomic mass is 10.2. The van der Waals surface area contributed by atoms with E-state index in [2.05, 4.69) is 20.2 Å². The second-order valence-electron chi connectivity index (χ2n) is 7.04. The lowest BCUT2D eigenvalue weighted by molar-refractivity contribution is -0.134. The predicted octanol–water partition coefficient (Wildman–Crippen LogP) is 1.36. The average molecular weight is 375 g/mol. The minimum atomic E-state index is -0.00461. The van der Waals surface area contributed by atoms with Crippen LogP contribution in [-0.4, -0.2) is 65.5 Å². The van der Waals surface area contributed by atoms with Gasteiger partial charge in [0, 0.05) is 57.3 Å². The third-order valence-corrected chi connectivity index (χ3v) is 5.11. The summed E-state index contributed by atoms with van der Waals surface area (Å²) in [7, 11) is 0. The van der Waals surface area contributed by atoms with Crippen molar-refractivity contribution in [3.05, 3.63) is 12.3 Å². The summed E-state index contributed by atoms with van der Waals surface area (Å²) in [6.07, 6.45) is 6.73. The minimum absolute atomic E-state index is 0.00461. The highest BCUT2D eigenvalue weighted by Crippen LogP contribution is 2.18. The van der Waals surface area contributed by atoms with Crippen LogP contribution in [0.3, 0.4) is 0 Å². The van der Waals surface area contributed by atoms with Gasteiger partial charge in [0.15, 0.2) is 0 Å². The van der Waals surface area contributed by atoms with E-state index < -0.39 is 0 Å². The van der Waals surface area contributed by atoms with Crippen LogP contribution in [0.4, 0.5) is 5.95 Å². The van der Waals surface area contributed by atoms with Crippen molar-refractivity contribution in [1.82, 2.24) is 20.2 Å². The number of anilines is 1. The molecule has 0 aromatic carbocycles. The van der Waals surface area contributed by atoms with Crippen LogP contribution < -0.4 is 15.0 Å². The molecule has 1 aliphatic carbocycles. The van der Waals surface area contributed by atoms with Gasteiger partial charge in [-0.15, -0.1) is 0 Å². The molecule has 148 valence electrons. The number of ether oxygens (including phenoxy) is 1. The zero-order valence-electron chi connectivity index (χ0n) is 16.0. The fourth-order valence-corrected chi connectivity index (χ4v) is 3.62. The van der Waals surface area contributed by atoms with E-state index in [4.69, 9.17) is 4.74 Å². The highest BCUT2D eigenvalue weighted by atomic mass is 16.5. The summed E-state index contributed by atoms with van der Waals surface area (Å²) < 4.78 is 5.42. The summed E-state index contributed by atoms with van der Waals surface area (Å²) in [5.74, 6) is 1.23. The van der Waals surface area contributed by atoms with Gasteiger partial charge in [0.25, 0.3) is 0 Å². The Morgan fingerprint density at radius 3 is 2.63 bits per heavy atom. The predicted molar refractivity (Wildman–Crippen MR) is 102 cm³/mol. The first-order chi connectivity index (χ1) is 13.2. The number of piperazine rings is 1. The molecule has 2 aliphatic rings. The van der Waals surface area contributed by atoms with Gasteiger partial charge >= 0.3 is 0 Å². The molecular formula is C19H29N5O3. The van der Waals surface area contributed by atoms with Crippen molar-refractivity contribution in [3.63, 3.8) is 0 Å². The van der Waals surface area contributed by atoms with E-state index >= 15 is 0 Å². The van der Waals surface area contributed by atoms with E-state index in [0.717, 1.165) is 12.8 Å². The average Bonchev–Trinajstić information content (AvgIpc) is 3.20. The van der Waals surface area contributed by atoms with Gasteiger partial charge in [-0.1, -0.05) is 12.8 Å². The number of rotatable bonds is 7. The zero-order chi connectivity index (χ0) is 19.1. The molecule has 8 heteroatoms. The van der Waals surface area contributed by atoms with Crippen LogP contribution in [0.15, 0.2) is 12.3 Å². The lowest BCUT2D eigenvalue weighted by Crippen LogP contribution is -2.49. The number of hydrogen-bond acceptors (Lipinski definition) is 6. The molecule has 27 heavy (non-hydrogen) atoms. The van der Waals surface area contributed by atoms with E-state index in [1.807, 2.05) is 11.8 Å². The number of nitrogens with zero attached hydrogens (tertiary/aromatic N) is 4. The summed E-state index contributed by atoms with van der Waals surface area (Å²) in [4.78, 5) is 37.0. The zero-order valence-corrected chi connectivity index (χ0v) is 16.0. The van der Waals surface area contributed by atoms with Gasteiger partial charge in [0.1, 0.15) is 0 Å². The Balaban J connectivity index is 1.41. The first-order valence-electron chi connectivity index (χ1n) is 9.93. The lowest BCUT2D eigenvalue weighted by Gasteiger charge is -2.34. The van der Waals surface area contributed by atoms with Crippen LogP contribution in [0.25, 0.3) is 0 Å². The van der Waals surface area contributed by atoms with Gasteiger partial charge < -0.3 is 19.9 Å². The van der Waals surface area contributed by atoms with Gasteiger partial charge in [-0.05, 0) is 19.8 Å². The monoisotopic (exact) mass is 375 g/mol. The first kappa shape index (κ1) is 19.4. The molecule has 1 saturated carbocycles. The second kappa shape index (κ2) is 9.53. The maximum absolute atomic E-state index is 12.4. The smallest absolute Gasteiger partial charge is 0.228 e. The summed E-state index contributed by atoms with van der Waals surface area (Å²) in [6, 6.07) is 2.05. The van der Waals surface area contributed by atoms with Crippen LogP contribution in [0.1, 0.15) is 45.4 Å². The van der Waals surface area contributed by atoms with Gasteiger partial charge in [-0.2, -0.15) is 4.98 Å². The molecule has 3 rings (SSSR count). The van der Waals surface area contributed by atoms with Crippen molar-refractivity contribution >= 4 is 17.8 Å². The van der Waals surface area contributed by atoms with E-state index in [0.29, 0.717) is 50.7 Å². The molecule has 1 N–H and O–H groups in total. The van der Waals surface area contributed by atoms with Crippen LogP contribution in [0.2, 0.25) is 0 Å². The fraction of sp³-hybridized carbons (Fsp3) is 0.684. The number of carbonyl (C=O) groups excluding carboxylic acids is 2. The molecule has 0 unspecified atom stereocenters. The van der Waals surface area contributed by atoms with Gasteiger partial charge in [-0.25, -0.2) is 4.98 Å². The molecule has 1 saturated heterocycles. The molecule has 0 atom stereocenters. The molecule has 2 fully saturated rings. The van der Waals surface area contributed by atoms with E-state index in [9.17, 15) is 9.59 Å². The molecule has 0 radical (unpaired) electrons. The van der Waals surface area contributed by atoms with Gasteiger partial charge in [0.05, 0.1) is 6.61 Å². The minimum Gasteiger partial charge on any atom is -0.478 e. The Bertz CT molecular complexity index is 640. The van der Waals surface area contributed by atoms with Crippen molar-refractivity contribution in [1.29, 1.82) is 0 Å². The Morgan fingerprint density at radius 1 is 1.19 bits per heavy atom. The summed E-state index contributed by atoms with van der Waals surface area (Å²) in [5.41, 5.74) is 0. The number of amides is 2. The van der Waals surface area contributed by atoms with Crippen LogP contribution in [0, 0.1) is 0 Å². The third-order valence-electron chi connectivity index (χ3n) is 5.11. The molecule has 1 aliphatic heterocycles. The van der Waals surface area contributed by atoms with Crippen molar-refractivity contribution in [2.45, 2.75) is 51.5 Å². The molecule has 0 bridgehead atoms. The molecule has 2 heterocycles. The molecule has 1 aromatic heterocycles. The van der Waals surface area contributed by atoms with Crippen LogP contribution >= 0.6 is 0 Å². The number of carbonyl (C=O) groups is 2. The van der Waals surface area contributed by atoms with E-state index in [1.54, 1.807) is 12.3 Å². The molecule has 1 aromatic rings. The molecular weight excluding hydrogens is 346 g/mol. The van der Waals surface area contributed by atoms with Crippen molar-refractivity contribution in [3.8, 4) is 5.88 Å². The Kier molecular flexibility index (Phi) is 6.84. The molecule has 0 spiro atoms. The maximum atomic E-state index is 12.4. The number of aromatic nitrogens is 2. The number of nitrogens with one attached hydrogen (secondary N) is 1. The van der Waals surface area contributed by atoms with E-state index in [1.165, 1.54) is 12.8 Å². The maximum Gasteiger partial charge on any atom is 0.228 e. The Morgan fingerprint density at radius 2 is 1.93 bits per heavy atom.